The lowest BCUT2D eigenvalue weighted by molar-refractivity contribution is 0.171. The predicted molar refractivity (Wildman–Crippen MR) is 113 cm³/mol. The number of anilines is 2. The van der Waals surface area contributed by atoms with E-state index in [4.69, 9.17) is 9.47 Å². The Bertz CT molecular complexity index is 1060. The first-order valence-corrected chi connectivity index (χ1v) is 11.5. The second-order valence-corrected chi connectivity index (χ2v) is 8.63. The molecule has 4 rings (SSSR count). The van der Waals surface area contributed by atoms with Gasteiger partial charge in [-0.25, -0.2) is 23.2 Å². The number of amides is 2. The first kappa shape index (κ1) is 21.0. The summed E-state index contributed by atoms with van der Waals surface area (Å²) in [4.78, 5) is 24.2. The van der Waals surface area contributed by atoms with Crippen LogP contribution in [0, 0.1) is 0 Å². The smallest absolute Gasteiger partial charge is 0.317 e. The zero-order valence-electron chi connectivity index (χ0n) is 17.1. The summed E-state index contributed by atoms with van der Waals surface area (Å²) in [5.74, 6) is 1.44. The second-order valence-electron chi connectivity index (χ2n) is 6.95. The lowest BCUT2D eigenvalue weighted by Crippen LogP contribution is -2.52. The standard InChI is InChI=1S/C19H24N6O5S/c1-2-20-19(26)25-9-7-24(8-10-25)18-17(21-5-6-22-18)23-31(27,28)14-3-4-15-16(13-14)30-12-11-29-15/h3-6,13H,2,7-12H2,1H3,(H,20,26)(H,21,23). The van der Waals surface area contributed by atoms with Gasteiger partial charge in [0, 0.05) is 51.2 Å². The zero-order chi connectivity index (χ0) is 21.8. The molecule has 12 heteroatoms. The number of carbonyl (C=O) groups excluding carboxylic acids is 1. The monoisotopic (exact) mass is 448 g/mol. The number of sulfonamides is 1. The minimum absolute atomic E-state index is 0.0365. The van der Waals surface area contributed by atoms with Crippen molar-refractivity contribution < 1.29 is 22.7 Å². The molecule has 0 saturated carbocycles. The first-order valence-electron chi connectivity index (χ1n) is 9.99. The van der Waals surface area contributed by atoms with Crippen LogP contribution in [0.5, 0.6) is 11.5 Å². The minimum atomic E-state index is -3.93. The van der Waals surface area contributed by atoms with E-state index in [0.29, 0.717) is 63.3 Å². The predicted octanol–water partition coefficient (Wildman–Crippen LogP) is 0.900. The van der Waals surface area contributed by atoms with Gasteiger partial charge in [-0.2, -0.15) is 0 Å². The highest BCUT2D eigenvalue weighted by atomic mass is 32.2. The summed E-state index contributed by atoms with van der Waals surface area (Å²) in [6, 6.07) is 4.34. The number of carbonyl (C=O) groups is 1. The Morgan fingerprint density at radius 1 is 1.06 bits per heavy atom. The van der Waals surface area contributed by atoms with Crippen LogP contribution in [0.3, 0.4) is 0 Å². The third-order valence-electron chi connectivity index (χ3n) is 4.93. The van der Waals surface area contributed by atoms with Gasteiger partial charge in [-0.3, -0.25) is 4.72 Å². The highest BCUT2D eigenvalue weighted by molar-refractivity contribution is 7.92. The van der Waals surface area contributed by atoms with Gasteiger partial charge in [-0.15, -0.1) is 0 Å². The number of ether oxygens (including phenoxy) is 2. The van der Waals surface area contributed by atoms with Gasteiger partial charge in [0.05, 0.1) is 4.90 Å². The first-order chi connectivity index (χ1) is 15.0. The summed E-state index contributed by atoms with van der Waals surface area (Å²) < 4.78 is 39.4. The number of hydrogen-bond acceptors (Lipinski definition) is 8. The molecule has 0 spiro atoms. The van der Waals surface area contributed by atoms with Gasteiger partial charge in [-0.05, 0) is 19.1 Å². The fourth-order valence-corrected chi connectivity index (χ4v) is 4.42. The molecule has 2 aliphatic heterocycles. The molecule has 0 unspecified atom stereocenters. The van der Waals surface area contributed by atoms with Crippen LogP contribution in [0.4, 0.5) is 16.4 Å². The maximum absolute atomic E-state index is 13.0. The summed E-state index contributed by atoms with van der Waals surface area (Å²) in [6.45, 7) is 5.23. The average Bonchev–Trinajstić information content (AvgIpc) is 2.79. The van der Waals surface area contributed by atoms with Crippen LogP contribution in [-0.2, 0) is 10.0 Å². The van der Waals surface area contributed by atoms with E-state index in [1.54, 1.807) is 11.0 Å². The van der Waals surface area contributed by atoms with Crippen LogP contribution in [0.25, 0.3) is 0 Å². The third-order valence-corrected chi connectivity index (χ3v) is 6.26. The Morgan fingerprint density at radius 2 is 1.77 bits per heavy atom. The van der Waals surface area contributed by atoms with Crippen molar-refractivity contribution in [2.24, 2.45) is 0 Å². The Balaban J connectivity index is 1.51. The molecule has 11 nitrogen and oxygen atoms in total. The molecule has 3 heterocycles. The number of hydrogen-bond donors (Lipinski definition) is 2. The van der Waals surface area contributed by atoms with Gasteiger partial charge in [0.25, 0.3) is 10.0 Å². The molecular formula is C19H24N6O5S. The summed E-state index contributed by atoms with van der Waals surface area (Å²) in [7, 11) is -3.93. The van der Waals surface area contributed by atoms with Crippen molar-refractivity contribution in [3.63, 3.8) is 0 Å². The molecule has 2 amide bonds. The van der Waals surface area contributed by atoms with E-state index in [1.165, 1.54) is 24.5 Å². The molecule has 1 aromatic carbocycles. The Hall–Kier alpha value is -3.28. The van der Waals surface area contributed by atoms with Gasteiger partial charge in [0.2, 0.25) is 0 Å². The summed E-state index contributed by atoms with van der Waals surface area (Å²) in [6.07, 6.45) is 2.93. The maximum Gasteiger partial charge on any atom is 0.317 e. The van der Waals surface area contributed by atoms with E-state index in [9.17, 15) is 13.2 Å². The molecular weight excluding hydrogens is 424 g/mol. The molecule has 2 N–H and O–H groups in total. The van der Waals surface area contributed by atoms with Gasteiger partial charge >= 0.3 is 6.03 Å². The van der Waals surface area contributed by atoms with Gasteiger partial charge in [-0.1, -0.05) is 0 Å². The number of nitrogens with zero attached hydrogens (tertiary/aromatic N) is 4. The van der Waals surface area contributed by atoms with Crippen LogP contribution < -0.4 is 24.4 Å². The zero-order valence-corrected chi connectivity index (χ0v) is 17.9. The highest BCUT2D eigenvalue weighted by Crippen LogP contribution is 2.33. The third kappa shape index (κ3) is 4.58. The van der Waals surface area contributed by atoms with Crippen molar-refractivity contribution in [1.29, 1.82) is 0 Å². The van der Waals surface area contributed by atoms with Crippen molar-refractivity contribution in [3.05, 3.63) is 30.6 Å². The van der Waals surface area contributed by atoms with E-state index in [-0.39, 0.29) is 16.7 Å². The average molecular weight is 449 g/mol. The Labute approximate surface area is 180 Å². The molecule has 1 aromatic heterocycles. The van der Waals surface area contributed by atoms with E-state index < -0.39 is 10.0 Å². The van der Waals surface area contributed by atoms with Crippen LogP contribution >= 0.6 is 0 Å². The number of nitrogens with one attached hydrogen (secondary N) is 2. The van der Waals surface area contributed by atoms with Crippen molar-refractivity contribution in [2.75, 3.05) is 55.6 Å². The number of fused-ring (bicyclic) bond motifs is 1. The largest absolute Gasteiger partial charge is 0.486 e. The summed E-state index contributed by atoms with van der Waals surface area (Å²) >= 11 is 0. The van der Waals surface area contributed by atoms with Crippen LogP contribution in [-0.4, -0.2) is 75.3 Å². The fraction of sp³-hybridized carbons (Fsp3) is 0.421. The van der Waals surface area contributed by atoms with Crippen molar-refractivity contribution >= 4 is 27.7 Å². The normalized spacial score (nSPS) is 16.0. The highest BCUT2D eigenvalue weighted by Gasteiger charge is 2.26. The molecule has 0 bridgehead atoms. The number of piperazine rings is 1. The van der Waals surface area contributed by atoms with E-state index in [1.807, 2.05) is 11.8 Å². The second kappa shape index (κ2) is 8.84. The van der Waals surface area contributed by atoms with Gasteiger partial charge in [0.15, 0.2) is 23.1 Å². The summed E-state index contributed by atoms with van der Waals surface area (Å²) in [5, 5.41) is 2.78. The molecule has 0 radical (unpaired) electrons. The Morgan fingerprint density at radius 3 is 2.52 bits per heavy atom. The Kier molecular flexibility index (Phi) is 5.98. The van der Waals surface area contributed by atoms with Gasteiger partial charge < -0.3 is 24.6 Å². The SMILES string of the molecule is CCNC(=O)N1CCN(c2nccnc2NS(=O)(=O)c2ccc3c(c2)OCCO3)CC1. The summed E-state index contributed by atoms with van der Waals surface area (Å²) in [5.41, 5.74) is 0. The van der Waals surface area contributed by atoms with E-state index in [0.717, 1.165) is 0 Å². The van der Waals surface area contributed by atoms with E-state index >= 15 is 0 Å². The molecule has 1 saturated heterocycles. The van der Waals surface area contributed by atoms with E-state index in [2.05, 4.69) is 20.0 Å². The van der Waals surface area contributed by atoms with Crippen molar-refractivity contribution in [1.82, 2.24) is 20.2 Å². The van der Waals surface area contributed by atoms with Gasteiger partial charge in [0.1, 0.15) is 13.2 Å². The van der Waals surface area contributed by atoms with Crippen LogP contribution in [0.1, 0.15) is 6.92 Å². The van der Waals surface area contributed by atoms with Crippen molar-refractivity contribution in [3.8, 4) is 11.5 Å². The number of benzene rings is 1. The molecule has 2 aliphatic rings. The molecule has 0 aliphatic carbocycles. The number of urea groups is 1. The lowest BCUT2D eigenvalue weighted by Gasteiger charge is -2.35. The number of rotatable bonds is 5. The fourth-order valence-electron chi connectivity index (χ4n) is 3.40. The molecule has 2 aromatic rings. The minimum Gasteiger partial charge on any atom is -0.486 e. The van der Waals surface area contributed by atoms with Crippen LogP contribution in [0.15, 0.2) is 35.5 Å². The molecule has 0 atom stereocenters. The topological polar surface area (TPSA) is 126 Å². The van der Waals surface area contributed by atoms with Crippen molar-refractivity contribution in [2.45, 2.75) is 11.8 Å². The quantitative estimate of drug-likeness (QED) is 0.691. The molecule has 1 fully saturated rings. The van der Waals surface area contributed by atoms with Crippen LogP contribution in [0.2, 0.25) is 0 Å². The number of aromatic nitrogens is 2. The molecule has 31 heavy (non-hydrogen) atoms. The molecule has 166 valence electrons. The lowest BCUT2D eigenvalue weighted by atomic mass is 10.3. The maximum atomic E-state index is 13.0.